The molecule has 126 valence electrons. The van der Waals surface area contributed by atoms with Gasteiger partial charge in [-0.3, -0.25) is 4.79 Å². The molecule has 0 atom stereocenters. The Balaban J connectivity index is 2.42. The highest BCUT2D eigenvalue weighted by atomic mass is 16.5. The molecule has 2 aromatic rings. The molecule has 0 fully saturated rings. The fraction of sp³-hybridized carbons (Fsp3) is 0.167. The topological polar surface area (TPSA) is 85.2 Å². The Labute approximate surface area is 139 Å². The number of phenols is 2. The average Bonchev–Trinajstić information content (AvgIpc) is 2.59. The van der Waals surface area contributed by atoms with Gasteiger partial charge in [0.05, 0.1) is 21.3 Å². The van der Waals surface area contributed by atoms with Crippen molar-refractivity contribution in [3.63, 3.8) is 0 Å². The Hall–Kier alpha value is -3.15. The van der Waals surface area contributed by atoms with Crippen molar-refractivity contribution in [3.05, 3.63) is 47.5 Å². The highest BCUT2D eigenvalue weighted by Crippen LogP contribution is 2.44. The van der Waals surface area contributed by atoms with Gasteiger partial charge < -0.3 is 24.4 Å². The minimum atomic E-state index is -0.460. The van der Waals surface area contributed by atoms with E-state index < -0.39 is 5.78 Å². The molecule has 2 aromatic carbocycles. The first-order valence-corrected chi connectivity index (χ1v) is 7.05. The van der Waals surface area contributed by atoms with E-state index >= 15 is 0 Å². The number of hydrogen-bond acceptors (Lipinski definition) is 6. The van der Waals surface area contributed by atoms with Gasteiger partial charge >= 0.3 is 0 Å². The van der Waals surface area contributed by atoms with Gasteiger partial charge in [-0.15, -0.1) is 0 Å². The lowest BCUT2D eigenvalue weighted by Gasteiger charge is -2.15. The van der Waals surface area contributed by atoms with Crippen LogP contribution in [-0.2, 0) is 0 Å². The molecule has 0 heterocycles. The third kappa shape index (κ3) is 3.43. The van der Waals surface area contributed by atoms with Crippen molar-refractivity contribution in [2.75, 3.05) is 21.3 Å². The number of aromatic hydroxyl groups is 2. The predicted molar refractivity (Wildman–Crippen MR) is 89.2 cm³/mol. The maximum Gasteiger partial charge on any atom is 0.204 e. The Bertz CT molecular complexity index is 762. The van der Waals surface area contributed by atoms with E-state index in [0.717, 1.165) is 5.56 Å². The molecular formula is C18H18O6. The number of carbonyl (C=O) groups excluding carboxylic acids is 1. The van der Waals surface area contributed by atoms with E-state index in [4.69, 9.17) is 14.2 Å². The molecule has 0 aliphatic heterocycles. The van der Waals surface area contributed by atoms with Crippen LogP contribution in [-0.4, -0.2) is 37.3 Å². The summed E-state index contributed by atoms with van der Waals surface area (Å²) in [6.07, 6.45) is 2.87. The van der Waals surface area contributed by atoms with Crippen LogP contribution in [0.15, 0.2) is 36.4 Å². The number of methoxy groups -OCH3 is 3. The molecule has 2 N–H and O–H groups in total. The number of benzene rings is 2. The Morgan fingerprint density at radius 2 is 1.58 bits per heavy atom. The number of rotatable bonds is 6. The van der Waals surface area contributed by atoms with Gasteiger partial charge in [-0.05, 0) is 23.8 Å². The summed E-state index contributed by atoms with van der Waals surface area (Å²) in [4.78, 5) is 12.5. The van der Waals surface area contributed by atoms with Crippen LogP contribution in [0.5, 0.6) is 28.7 Å². The minimum Gasteiger partial charge on any atom is -0.508 e. The van der Waals surface area contributed by atoms with Crippen molar-refractivity contribution in [2.45, 2.75) is 0 Å². The lowest BCUT2D eigenvalue weighted by atomic mass is 10.1. The summed E-state index contributed by atoms with van der Waals surface area (Å²) in [5, 5.41) is 19.6. The summed E-state index contributed by atoms with van der Waals surface area (Å²) >= 11 is 0. The van der Waals surface area contributed by atoms with Crippen LogP contribution < -0.4 is 14.2 Å². The second-order valence-electron chi connectivity index (χ2n) is 4.83. The molecule has 6 nitrogen and oxygen atoms in total. The Morgan fingerprint density at radius 3 is 2.12 bits per heavy atom. The molecule has 0 amide bonds. The SMILES string of the molecule is COc1cc(OC)c(C(=O)C=Cc2ccc(O)cc2)c(O)c1OC. The van der Waals surface area contributed by atoms with E-state index in [1.165, 1.54) is 45.6 Å². The largest absolute Gasteiger partial charge is 0.508 e. The number of ether oxygens (including phenoxy) is 3. The summed E-state index contributed by atoms with van der Waals surface area (Å²) in [6, 6.07) is 7.81. The summed E-state index contributed by atoms with van der Waals surface area (Å²) in [5.41, 5.74) is 0.699. The highest BCUT2D eigenvalue weighted by Gasteiger charge is 2.23. The summed E-state index contributed by atoms with van der Waals surface area (Å²) in [6.45, 7) is 0. The van der Waals surface area contributed by atoms with Gasteiger partial charge in [0.2, 0.25) is 5.75 Å². The minimum absolute atomic E-state index is 0.0230. The van der Waals surface area contributed by atoms with Crippen molar-refractivity contribution in [1.82, 2.24) is 0 Å². The summed E-state index contributed by atoms with van der Waals surface area (Å²) in [5.74, 6) is -0.193. The van der Waals surface area contributed by atoms with Crippen molar-refractivity contribution >= 4 is 11.9 Å². The van der Waals surface area contributed by atoms with Gasteiger partial charge in [0, 0.05) is 6.07 Å². The first-order chi connectivity index (χ1) is 11.5. The number of carbonyl (C=O) groups is 1. The van der Waals surface area contributed by atoms with Crippen LogP contribution in [0.3, 0.4) is 0 Å². The smallest absolute Gasteiger partial charge is 0.204 e. The second kappa shape index (κ2) is 7.41. The fourth-order valence-electron chi connectivity index (χ4n) is 2.19. The van der Waals surface area contributed by atoms with Crippen molar-refractivity contribution < 1.29 is 29.2 Å². The molecule has 2 rings (SSSR count). The summed E-state index contributed by atoms with van der Waals surface area (Å²) in [7, 11) is 4.18. The molecule has 0 radical (unpaired) electrons. The van der Waals surface area contributed by atoms with Crippen molar-refractivity contribution in [2.24, 2.45) is 0 Å². The van der Waals surface area contributed by atoms with Gasteiger partial charge in [0.15, 0.2) is 17.3 Å². The Morgan fingerprint density at radius 1 is 0.958 bits per heavy atom. The predicted octanol–water partition coefficient (Wildman–Crippen LogP) is 3.02. The van der Waals surface area contributed by atoms with Gasteiger partial charge in [0.1, 0.15) is 17.1 Å². The van der Waals surface area contributed by atoms with Crippen LogP contribution in [0.4, 0.5) is 0 Å². The van der Waals surface area contributed by atoms with Crippen LogP contribution in [0.1, 0.15) is 15.9 Å². The lowest BCUT2D eigenvalue weighted by Crippen LogP contribution is -2.03. The lowest BCUT2D eigenvalue weighted by molar-refractivity contribution is 0.104. The highest BCUT2D eigenvalue weighted by molar-refractivity contribution is 6.11. The second-order valence-corrected chi connectivity index (χ2v) is 4.83. The van der Waals surface area contributed by atoms with Crippen molar-refractivity contribution in [1.29, 1.82) is 0 Å². The zero-order chi connectivity index (χ0) is 17.7. The molecule has 0 unspecified atom stereocenters. The maximum absolute atomic E-state index is 12.5. The quantitative estimate of drug-likeness (QED) is 0.625. The number of phenolic OH excluding ortho intramolecular Hbond substituents is 2. The molecule has 0 saturated heterocycles. The van der Waals surface area contributed by atoms with E-state index in [2.05, 4.69) is 0 Å². The normalized spacial score (nSPS) is 10.6. The third-order valence-electron chi connectivity index (χ3n) is 3.39. The van der Waals surface area contributed by atoms with Gasteiger partial charge in [-0.25, -0.2) is 0 Å². The molecule has 6 heteroatoms. The summed E-state index contributed by atoms with van der Waals surface area (Å²) < 4.78 is 15.4. The molecule has 0 aliphatic rings. The first-order valence-electron chi connectivity index (χ1n) is 7.05. The third-order valence-corrected chi connectivity index (χ3v) is 3.39. The van der Waals surface area contributed by atoms with Gasteiger partial charge in [0.25, 0.3) is 0 Å². The molecule has 0 aliphatic carbocycles. The van der Waals surface area contributed by atoms with E-state index in [9.17, 15) is 15.0 Å². The number of hydrogen-bond donors (Lipinski definition) is 2. The van der Waals surface area contributed by atoms with Crippen LogP contribution in [0.25, 0.3) is 6.08 Å². The maximum atomic E-state index is 12.5. The molecule has 24 heavy (non-hydrogen) atoms. The molecule has 0 spiro atoms. The van der Waals surface area contributed by atoms with E-state index in [1.807, 2.05) is 0 Å². The number of allylic oxidation sites excluding steroid dienone is 1. The molecule has 0 saturated carbocycles. The van der Waals surface area contributed by atoms with Gasteiger partial charge in [-0.2, -0.15) is 0 Å². The van der Waals surface area contributed by atoms with Crippen molar-refractivity contribution in [3.8, 4) is 28.7 Å². The zero-order valence-electron chi connectivity index (χ0n) is 13.6. The van der Waals surface area contributed by atoms with Crippen LogP contribution in [0, 0.1) is 0 Å². The van der Waals surface area contributed by atoms with E-state index in [1.54, 1.807) is 18.2 Å². The number of ketones is 1. The molecule has 0 aromatic heterocycles. The first kappa shape index (κ1) is 17.2. The molecular weight excluding hydrogens is 312 g/mol. The monoisotopic (exact) mass is 330 g/mol. The van der Waals surface area contributed by atoms with Crippen LogP contribution in [0.2, 0.25) is 0 Å². The van der Waals surface area contributed by atoms with E-state index in [0.29, 0.717) is 0 Å². The van der Waals surface area contributed by atoms with E-state index in [-0.39, 0.29) is 34.3 Å². The fourth-order valence-corrected chi connectivity index (χ4v) is 2.19. The average molecular weight is 330 g/mol. The Kier molecular flexibility index (Phi) is 5.31. The standard InChI is InChI=1S/C18H18O6/c1-22-14-10-15(23-2)18(24-3)17(21)16(14)13(20)9-6-11-4-7-12(19)8-5-11/h4-10,19,21H,1-3H3. The zero-order valence-corrected chi connectivity index (χ0v) is 13.6. The van der Waals surface area contributed by atoms with Crippen LogP contribution >= 0.6 is 0 Å². The van der Waals surface area contributed by atoms with Gasteiger partial charge in [-0.1, -0.05) is 18.2 Å². The molecule has 0 bridgehead atoms.